The summed E-state index contributed by atoms with van der Waals surface area (Å²) in [6, 6.07) is 17.9. The number of aryl methyl sites for hydroxylation is 1. The van der Waals surface area contributed by atoms with Gasteiger partial charge in [0.1, 0.15) is 5.03 Å². The lowest BCUT2D eigenvalue weighted by molar-refractivity contribution is -0.118. The van der Waals surface area contributed by atoms with E-state index in [4.69, 9.17) is 0 Å². The molecule has 0 bridgehead atoms. The first-order valence-electron chi connectivity index (χ1n) is 10.3. The van der Waals surface area contributed by atoms with Crippen LogP contribution in [0, 0.1) is 0 Å². The number of amides is 1. The van der Waals surface area contributed by atoms with Crippen molar-refractivity contribution in [2.45, 2.75) is 18.0 Å². The SMILES string of the molecule is O=C(CSc1ccc2nnc(-c3cccnc3)n2n1)NCCCn1ccc2ccccc21. The van der Waals surface area contributed by atoms with Gasteiger partial charge in [-0.2, -0.15) is 9.61 Å². The fourth-order valence-electron chi connectivity index (χ4n) is 3.53. The maximum Gasteiger partial charge on any atom is 0.230 e. The highest BCUT2D eigenvalue weighted by atomic mass is 32.2. The van der Waals surface area contributed by atoms with Gasteiger partial charge in [0.25, 0.3) is 0 Å². The van der Waals surface area contributed by atoms with Crippen molar-refractivity contribution in [1.82, 2.24) is 34.7 Å². The number of hydrogen-bond donors (Lipinski definition) is 1. The number of nitrogens with zero attached hydrogens (tertiary/aromatic N) is 6. The Hall–Kier alpha value is -3.72. The molecule has 160 valence electrons. The molecule has 0 spiro atoms. The number of carbonyl (C=O) groups excluding carboxylic acids is 1. The summed E-state index contributed by atoms with van der Waals surface area (Å²) in [5, 5.41) is 17.9. The molecule has 0 fully saturated rings. The van der Waals surface area contributed by atoms with Gasteiger partial charge in [-0.1, -0.05) is 30.0 Å². The van der Waals surface area contributed by atoms with E-state index < -0.39 is 0 Å². The van der Waals surface area contributed by atoms with Crippen LogP contribution in [0.4, 0.5) is 0 Å². The standard InChI is InChI=1S/C23H21N7OS/c31-21(25-12-4-13-29-14-10-17-5-1-2-7-19(17)29)16-32-22-9-8-20-26-27-23(30(20)28-22)18-6-3-11-24-15-18/h1-3,5-11,14-15H,4,12-13,16H2,(H,25,31). The van der Waals surface area contributed by atoms with Crippen molar-refractivity contribution in [3.8, 4) is 11.4 Å². The van der Waals surface area contributed by atoms with Gasteiger partial charge in [0.2, 0.25) is 5.91 Å². The lowest BCUT2D eigenvalue weighted by Crippen LogP contribution is -2.26. The Labute approximate surface area is 188 Å². The zero-order valence-electron chi connectivity index (χ0n) is 17.3. The van der Waals surface area contributed by atoms with E-state index in [1.807, 2.05) is 36.4 Å². The van der Waals surface area contributed by atoms with E-state index in [-0.39, 0.29) is 5.91 Å². The molecule has 0 atom stereocenters. The lowest BCUT2D eigenvalue weighted by atomic mass is 10.2. The summed E-state index contributed by atoms with van der Waals surface area (Å²) in [5.74, 6) is 0.915. The van der Waals surface area contributed by atoms with Crippen molar-refractivity contribution in [2.75, 3.05) is 12.3 Å². The maximum absolute atomic E-state index is 12.3. The van der Waals surface area contributed by atoms with Gasteiger partial charge in [0.05, 0.1) is 5.75 Å². The molecule has 0 aliphatic carbocycles. The zero-order valence-corrected chi connectivity index (χ0v) is 18.1. The van der Waals surface area contributed by atoms with Gasteiger partial charge in [0, 0.05) is 42.8 Å². The molecule has 0 aliphatic rings. The topological polar surface area (TPSA) is 90.0 Å². The Balaban J connectivity index is 1.14. The fraction of sp³-hybridized carbons (Fsp3) is 0.174. The highest BCUT2D eigenvalue weighted by Crippen LogP contribution is 2.20. The first-order chi connectivity index (χ1) is 15.8. The van der Waals surface area contributed by atoms with Crippen molar-refractivity contribution in [3.63, 3.8) is 0 Å². The molecule has 0 unspecified atom stereocenters. The number of benzene rings is 1. The summed E-state index contributed by atoms with van der Waals surface area (Å²) in [6.07, 6.45) is 6.39. The van der Waals surface area contributed by atoms with Gasteiger partial charge < -0.3 is 9.88 Å². The summed E-state index contributed by atoms with van der Waals surface area (Å²) < 4.78 is 3.90. The molecule has 0 saturated carbocycles. The summed E-state index contributed by atoms with van der Waals surface area (Å²) in [4.78, 5) is 16.4. The molecule has 4 heterocycles. The van der Waals surface area contributed by atoms with E-state index in [0.717, 1.165) is 23.6 Å². The second kappa shape index (κ2) is 9.19. The number of para-hydroxylation sites is 1. The summed E-state index contributed by atoms with van der Waals surface area (Å²) in [5.41, 5.74) is 2.70. The molecule has 8 nitrogen and oxygen atoms in total. The number of carbonyl (C=O) groups is 1. The van der Waals surface area contributed by atoms with Crippen LogP contribution in [0.3, 0.4) is 0 Å². The Morgan fingerprint density at radius 1 is 1.03 bits per heavy atom. The number of aromatic nitrogens is 6. The summed E-state index contributed by atoms with van der Waals surface area (Å²) in [6.45, 7) is 1.50. The fourth-order valence-corrected chi connectivity index (χ4v) is 4.21. The van der Waals surface area contributed by atoms with E-state index in [9.17, 15) is 4.79 Å². The van der Waals surface area contributed by atoms with Crippen LogP contribution >= 0.6 is 11.8 Å². The van der Waals surface area contributed by atoms with Crippen molar-refractivity contribution in [1.29, 1.82) is 0 Å². The molecule has 0 saturated heterocycles. The van der Waals surface area contributed by atoms with Gasteiger partial charge >= 0.3 is 0 Å². The summed E-state index contributed by atoms with van der Waals surface area (Å²) in [7, 11) is 0. The molecule has 0 radical (unpaired) electrons. The Morgan fingerprint density at radius 2 is 1.97 bits per heavy atom. The van der Waals surface area contributed by atoms with Crippen molar-refractivity contribution < 1.29 is 4.79 Å². The predicted molar refractivity (Wildman–Crippen MR) is 124 cm³/mol. The Kier molecular flexibility index (Phi) is 5.80. The maximum atomic E-state index is 12.3. The molecule has 4 aromatic heterocycles. The molecule has 0 aliphatic heterocycles. The molecular formula is C23H21N7OS. The van der Waals surface area contributed by atoms with Crippen LogP contribution in [-0.2, 0) is 11.3 Å². The second-order valence-corrected chi connectivity index (χ2v) is 8.26. The first kappa shape index (κ1) is 20.2. The Bertz CT molecular complexity index is 1360. The monoisotopic (exact) mass is 443 g/mol. The van der Waals surface area contributed by atoms with Gasteiger partial charge in [-0.3, -0.25) is 9.78 Å². The molecule has 5 rings (SSSR count). The van der Waals surface area contributed by atoms with Crippen LogP contribution < -0.4 is 5.32 Å². The van der Waals surface area contributed by atoms with Crippen molar-refractivity contribution >= 4 is 34.2 Å². The zero-order chi connectivity index (χ0) is 21.8. The third-order valence-electron chi connectivity index (χ3n) is 5.09. The predicted octanol–water partition coefficient (Wildman–Crippen LogP) is 3.44. The van der Waals surface area contributed by atoms with Gasteiger partial charge in [-0.25, -0.2) is 0 Å². The second-order valence-electron chi connectivity index (χ2n) is 7.27. The van der Waals surface area contributed by atoms with Crippen LogP contribution in [0.1, 0.15) is 6.42 Å². The minimum absolute atomic E-state index is 0.00880. The third-order valence-corrected chi connectivity index (χ3v) is 6.01. The highest BCUT2D eigenvalue weighted by Gasteiger charge is 2.11. The van der Waals surface area contributed by atoms with Crippen LogP contribution in [0.25, 0.3) is 27.9 Å². The molecule has 9 heteroatoms. The number of pyridine rings is 1. The first-order valence-corrected chi connectivity index (χ1v) is 11.3. The van der Waals surface area contributed by atoms with Gasteiger partial charge in [-0.05, 0) is 48.2 Å². The van der Waals surface area contributed by atoms with Crippen molar-refractivity contribution in [2.24, 2.45) is 0 Å². The van der Waals surface area contributed by atoms with E-state index in [2.05, 4.69) is 54.6 Å². The van der Waals surface area contributed by atoms with Crippen molar-refractivity contribution in [3.05, 3.63) is 73.2 Å². The lowest BCUT2D eigenvalue weighted by Gasteiger charge is -2.07. The van der Waals surface area contributed by atoms with E-state index in [1.165, 1.54) is 22.7 Å². The smallest absolute Gasteiger partial charge is 0.230 e. The number of thioether (sulfide) groups is 1. The minimum atomic E-state index is -0.00880. The summed E-state index contributed by atoms with van der Waals surface area (Å²) >= 11 is 1.39. The van der Waals surface area contributed by atoms with E-state index in [1.54, 1.807) is 16.9 Å². The highest BCUT2D eigenvalue weighted by molar-refractivity contribution is 7.99. The number of fused-ring (bicyclic) bond motifs is 2. The molecule has 5 aromatic rings. The Morgan fingerprint density at radius 3 is 2.88 bits per heavy atom. The average Bonchev–Trinajstić information content (AvgIpc) is 3.45. The van der Waals surface area contributed by atoms with E-state index >= 15 is 0 Å². The van der Waals surface area contributed by atoms with Crippen LogP contribution in [-0.4, -0.2) is 47.6 Å². The van der Waals surface area contributed by atoms with Crippen LogP contribution in [0.5, 0.6) is 0 Å². The van der Waals surface area contributed by atoms with Crippen LogP contribution in [0.15, 0.2) is 78.2 Å². The molecule has 1 amide bonds. The van der Waals surface area contributed by atoms with Gasteiger partial charge in [0.15, 0.2) is 11.5 Å². The van der Waals surface area contributed by atoms with E-state index in [0.29, 0.717) is 23.8 Å². The average molecular weight is 444 g/mol. The minimum Gasteiger partial charge on any atom is -0.355 e. The largest absolute Gasteiger partial charge is 0.355 e. The molecule has 32 heavy (non-hydrogen) atoms. The molecule has 1 N–H and O–H groups in total. The van der Waals surface area contributed by atoms with Gasteiger partial charge in [-0.15, -0.1) is 10.2 Å². The molecule has 1 aromatic carbocycles. The number of rotatable bonds is 8. The van der Waals surface area contributed by atoms with Crippen LogP contribution in [0.2, 0.25) is 0 Å². The third kappa shape index (κ3) is 4.33. The number of nitrogens with one attached hydrogen (secondary N) is 1. The molecular weight excluding hydrogens is 422 g/mol. The number of hydrogen-bond acceptors (Lipinski definition) is 6. The normalized spacial score (nSPS) is 11.2. The quantitative estimate of drug-likeness (QED) is 0.292.